The van der Waals surface area contributed by atoms with E-state index in [2.05, 4.69) is 6.92 Å². The molecule has 0 saturated heterocycles. The normalized spacial score (nSPS) is 44.7. The molecule has 8 atom stereocenters. The number of ether oxygens (including phenoxy) is 1. The highest BCUT2D eigenvalue weighted by Crippen LogP contribution is 2.71. The van der Waals surface area contributed by atoms with Crippen molar-refractivity contribution in [3.63, 3.8) is 0 Å². The minimum Gasteiger partial charge on any atom is -0.462 e. The van der Waals surface area contributed by atoms with Gasteiger partial charge in [0.25, 0.3) is 0 Å². The van der Waals surface area contributed by atoms with Crippen LogP contribution in [0.15, 0.2) is 27.6 Å². The molecule has 4 saturated carbocycles. The van der Waals surface area contributed by atoms with Gasteiger partial charge in [0.15, 0.2) is 0 Å². The van der Waals surface area contributed by atoms with Gasteiger partial charge in [0.05, 0.1) is 28.8 Å². The maximum atomic E-state index is 12.8. The van der Waals surface area contributed by atoms with Crippen LogP contribution in [-0.2, 0) is 14.3 Å². The van der Waals surface area contributed by atoms with Gasteiger partial charge in [-0.1, -0.05) is 20.8 Å². The summed E-state index contributed by atoms with van der Waals surface area (Å²) in [4.78, 5) is 36.5. The first kappa shape index (κ1) is 24.7. The van der Waals surface area contributed by atoms with Crippen LogP contribution in [0.2, 0.25) is 0 Å². The summed E-state index contributed by atoms with van der Waals surface area (Å²) in [6, 6.07) is 3.25. The van der Waals surface area contributed by atoms with E-state index in [9.17, 15) is 24.6 Å². The minimum absolute atomic E-state index is 0.0666. The van der Waals surface area contributed by atoms with Gasteiger partial charge in [0.2, 0.25) is 0 Å². The Hall–Kier alpha value is -1.99. The van der Waals surface area contributed by atoms with E-state index in [1.54, 1.807) is 13.8 Å². The summed E-state index contributed by atoms with van der Waals surface area (Å²) in [6.07, 6.45) is 7.31. The first-order chi connectivity index (χ1) is 16.5. The third kappa shape index (κ3) is 3.41. The monoisotopic (exact) mass is 486 g/mol. The van der Waals surface area contributed by atoms with Crippen molar-refractivity contribution in [2.45, 2.75) is 102 Å². The fraction of sp³-hybridized carbons (Fsp3) is 0.750. The molecule has 0 amide bonds. The molecule has 5 rings (SSSR count). The van der Waals surface area contributed by atoms with E-state index in [0.717, 1.165) is 31.1 Å². The van der Waals surface area contributed by atoms with Crippen LogP contribution in [0.3, 0.4) is 0 Å². The molecule has 0 spiro atoms. The summed E-state index contributed by atoms with van der Waals surface area (Å²) in [5.41, 5.74) is -2.99. The number of carbonyl (C=O) groups excluding carboxylic acids is 2. The predicted molar refractivity (Wildman–Crippen MR) is 127 cm³/mol. The molecule has 1 heterocycles. The van der Waals surface area contributed by atoms with Crippen LogP contribution in [0.25, 0.3) is 0 Å². The summed E-state index contributed by atoms with van der Waals surface area (Å²) >= 11 is 0. The van der Waals surface area contributed by atoms with E-state index < -0.39 is 22.0 Å². The van der Waals surface area contributed by atoms with Crippen molar-refractivity contribution >= 4 is 12.3 Å². The van der Waals surface area contributed by atoms with E-state index in [-0.39, 0.29) is 47.8 Å². The highest BCUT2D eigenvalue weighted by atomic mass is 16.5. The Balaban J connectivity index is 1.44. The van der Waals surface area contributed by atoms with Crippen LogP contribution in [0.4, 0.5) is 0 Å². The van der Waals surface area contributed by atoms with Crippen LogP contribution in [-0.4, -0.2) is 39.8 Å². The molecule has 4 aliphatic rings. The van der Waals surface area contributed by atoms with Gasteiger partial charge in [-0.2, -0.15) is 0 Å². The zero-order chi connectivity index (χ0) is 25.2. The molecule has 1 aromatic heterocycles. The average molecular weight is 487 g/mol. The Morgan fingerprint density at radius 2 is 1.83 bits per heavy atom. The van der Waals surface area contributed by atoms with Gasteiger partial charge in [-0.3, -0.25) is 4.79 Å². The third-order valence-electron chi connectivity index (χ3n) is 10.6. The van der Waals surface area contributed by atoms with Crippen LogP contribution in [0, 0.1) is 28.6 Å². The van der Waals surface area contributed by atoms with Gasteiger partial charge < -0.3 is 24.2 Å². The third-order valence-corrected chi connectivity index (χ3v) is 10.6. The van der Waals surface area contributed by atoms with E-state index in [1.807, 2.05) is 6.07 Å². The fourth-order valence-electron chi connectivity index (χ4n) is 8.64. The summed E-state index contributed by atoms with van der Waals surface area (Å²) < 4.78 is 10.8. The van der Waals surface area contributed by atoms with Crippen molar-refractivity contribution in [3.05, 3.63) is 34.4 Å². The van der Waals surface area contributed by atoms with E-state index in [1.165, 1.54) is 12.3 Å². The van der Waals surface area contributed by atoms with E-state index >= 15 is 0 Å². The molecule has 7 nitrogen and oxygen atoms in total. The molecule has 35 heavy (non-hydrogen) atoms. The lowest BCUT2D eigenvalue weighted by Crippen LogP contribution is -2.68. The standard InChI is InChI=1S/C28H38O7/c1-17(2)24(31)35-19-6-11-26(16-29)21-7-10-25(3)20(18-4-5-23(30)34-15-18)9-13-28(25,33)22(21)8-12-27(26,32)14-19/h4-5,15-17,19-22,32-33H,6-14H2,1-3H3/t19-,20+,21-,22+,25+,26-,27-,28-/m0/s1. The van der Waals surface area contributed by atoms with Crippen molar-refractivity contribution in [1.29, 1.82) is 0 Å². The molecule has 4 aliphatic carbocycles. The Morgan fingerprint density at radius 1 is 1.09 bits per heavy atom. The maximum Gasteiger partial charge on any atom is 0.335 e. The second kappa shape index (κ2) is 8.27. The Kier molecular flexibility index (Phi) is 5.83. The topological polar surface area (TPSA) is 114 Å². The summed E-state index contributed by atoms with van der Waals surface area (Å²) in [6.45, 7) is 5.72. The SMILES string of the molecule is CC(C)C(=O)O[C@H]1CC[C@]2(C=O)[C@H]3CC[C@]4(C)[C@@H](c5ccc(=O)oc5)CC[C@]4(O)[C@@H]3CC[C@]2(O)C1. The van der Waals surface area contributed by atoms with Crippen molar-refractivity contribution < 1.29 is 29.0 Å². The number of hydrogen-bond acceptors (Lipinski definition) is 7. The summed E-state index contributed by atoms with van der Waals surface area (Å²) in [5, 5.41) is 24.2. The Morgan fingerprint density at radius 3 is 2.49 bits per heavy atom. The van der Waals surface area contributed by atoms with E-state index in [0.29, 0.717) is 32.1 Å². The first-order valence-electron chi connectivity index (χ1n) is 13.2. The highest BCUT2D eigenvalue weighted by molar-refractivity contribution is 5.72. The van der Waals surface area contributed by atoms with Gasteiger partial charge in [0.1, 0.15) is 12.4 Å². The second-order valence-corrected chi connectivity index (χ2v) is 12.3. The van der Waals surface area contributed by atoms with Crippen molar-refractivity contribution in [3.8, 4) is 0 Å². The van der Waals surface area contributed by atoms with Crippen LogP contribution < -0.4 is 5.63 Å². The molecule has 1 aromatic rings. The fourth-order valence-corrected chi connectivity index (χ4v) is 8.64. The van der Waals surface area contributed by atoms with Crippen LogP contribution in [0.5, 0.6) is 0 Å². The Bertz CT molecular complexity index is 1040. The smallest absolute Gasteiger partial charge is 0.335 e. The molecule has 0 bridgehead atoms. The molecular formula is C28H38O7. The average Bonchev–Trinajstić information content (AvgIpc) is 3.10. The number of aliphatic hydroxyl groups is 2. The molecule has 192 valence electrons. The molecule has 0 aliphatic heterocycles. The molecule has 0 unspecified atom stereocenters. The quantitative estimate of drug-likeness (QED) is 0.492. The number of hydrogen-bond donors (Lipinski definition) is 2. The zero-order valence-corrected chi connectivity index (χ0v) is 21.0. The zero-order valence-electron chi connectivity index (χ0n) is 21.0. The van der Waals surface area contributed by atoms with Gasteiger partial charge in [-0.25, -0.2) is 4.79 Å². The maximum absolute atomic E-state index is 12.8. The molecule has 0 radical (unpaired) electrons. The lowest BCUT2D eigenvalue weighted by atomic mass is 9.41. The molecule has 7 heteroatoms. The van der Waals surface area contributed by atoms with E-state index in [4.69, 9.17) is 9.15 Å². The highest BCUT2D eigenvalue weighted by Gasteiger charge is 2.71. The lowest BCUT2D eigenvalue weighted by Gasteiger charge is -2.65. The van der Waals surface area contributed by atoms with Crippen molar-refractivity contribution in [2.75, 3.05) is 0 Å². The summed E-state index contributed by atoms with van der Waals surface area (Å²) in [7, 11) is 0. The first-order valence-corrected chi connectivity index (χ1v) is 13.2. The number of fused-ring (bicyclic) bond motifs is 5. The number of carbonyl (C=O) groups is 2. The second-order valence-electron chi connectivity index (χ2n) is 12.3. The lowest BCUT2D eigenvalue weighted by molar-refractivity contribution is -0.248. The van der Waals surface area contributed by atoms with Gasteiger partial charge in [-0.15, -0.1) is 0 Å². The molecular weight excluding hydrogens is 448 g/mol. The molecule has 0 aromatic carbocycles. The molecule has 4 fully saturated rings. The predicted octanol–water partition coefficient (Wildman–Crippen LogP) is 3.74. The van der Waals surface area contributed by atoms with Gasteiger partial charge in [0, 0.05) is 17.9 Å². The minimum atomic E-state index is -1.24. The molecule has 2 N–H and O–H groups in total. The van der Waals surface area contributed by atoms with Crippen molar-refractivity contribution in [2.24, 2.45) is 28.6 Å². The largest absolute Gasteiger partial charge is 0.462 e. The van der Waals surface area contributed by atoms with Gasteiger partial charge in [-0.05, 0) is 80.8 Å². The number of esters is 1. The Labute approximate surface area is 206 Å². The number of rotatable bonds is 4. The van der Waals surface area contributed by atoms with Crippen molar-refractivity contribution in [1.82, 2.24) is 0 Å². The number of aldehydes is 1. The van der Waals surface area contributed by atoms with Crippen LogP contribution >= 0.6 is 0 Å². The van der Waals surface area contributed by atoms with Gasteiger partial charge >= 0.3 is 11.6 Å². The van der Waals surface area contributed by atoms with Crippen LogP contribution in [0.1, 0.15) is 90.0 Å². The summed E-state index contributed by atoms with van der Waals surface area (Å²) in [5.74, 6) is -0.663.